The number of phenolic OH excluding ortho intramolecular Hbond substituents is 1. The van der Waals surface area contributed by atoms with E-state index in [4.69, 9.17) is 4.74 Å². The molecule has 1 amide bonds. The summed E-state index contributed by atoms with van der Waals surface area (Å²) in [7, 11) is 0. The van der Waals surface area contributed by atoms with Crippen molar-refractivity contribution in [3.63, 3.8) is 0 Å². The van der Waals surface area contributed by atoms with Gasteiger partial charge in [0, 0.05) is 0 Å². The molecule has 5 heteroatoms. The molecule has 1 heterocycles. The highest BCUT2D eigenvalue weighted by molar-refractivity contribution is 5.85. The normalized spacial score (nSPS) is 18.0. The fourth-order valence-electron chi connectivity index (χ4n) is 2.03. The van der Waals surface area contributed by atoms with E-state index in [1.165, 1.54) is 0 Å². The Morgan fingerprint density at radius 1 is 1.17 bits per heavy atom. The van der Waals surface area contributed by atoms with Crippen molar-refractivity contribution in [2.75, 3.05) is 6.61 Å². The lowest BCUT2D eigenvalue weighted by Crippen LogP contribution is -2.18. The van der Waals surface area contributed by atoms with E-state index in [1.807, 2.05) is 24.3 Å². The second-order valence-electron chi connectivity index (χ2n) is 4.09. The smallest absolute Gasteiger partial charge is 0.407 e. The lowest BCUT2D eigenvalue weighted by molar-refractivity contribution is 0.177. The summed E-state index contributed by atoms with van der Waals surface area (Å²) in [6.45, 7) is 0.364. The molecule has 1 aliphatic rings. The van der Waals surface area contributed by atoms with Crippen molar-refractivity contribution in [1.29, 1.82) is 0 Å². The summed E-state index contributed by atoms with van der Waals surface area (Å²) in [5, 5.41) is 14.1. The number of halogens is 1. The molecule has 4 nitrogen and oxygen atoms in total. The first-order chi connectivity index (χ1) is 8.22. The van der Waals surface area contributed by atoms with Crippen molar-refractivity contribution in [3.05, 3.63) is 42.0 Å². The summed E-state index contributed by atoms with van der Waals surface area (Å²) >= 11 is 0. The van der Waals surface area contributed by atoms with Crippen LogP contribution in [0.5, 0.6) is 5.75 Å². The molecule has 1 fully saturated rings. The molecular formula is C13H12ClNO3. The molecule has 2 N–H and O–H groups in total. The number of cyclic esters (lactones) is 1. The van der Waals surface area contributed by atoms with Crippen molar-refractivity contribution >= 4 is 29.3 Å². The van der Waals surface area contributed by atoms with E-state index in [-0.39, 0.29) is 30.3 Å². The van der Waals surface area contributed by atoms with Gasteiger partial charge >= 0.3 is 6.09 Å². The maximum atomic E-state index is 11.0. The van der Waals surface area contributed by atoms with Crippen molar-refractivity contribution in [3.8, 4) is 5.75 Å². The van der Waals surface area contributed by atoms with Gasteiger partial charge < -0.3 is 15.2 Å². The molecule has 2 aromatic carbocycles. The minimum absolute atomic E-state index is 0. The van der Waals surface area contributed by atoms with Crippen molar-refractivity contribution < 1.29 is 14.6 Å². The van der Waals surface area contributed by atoms with Gasteiger partial charge in [-0.25, -0.2) is 4.79 Å². The van der Waals surface area contributed by atoms with Gasteiger partial charge in [-0.15, -0.1) is 12.4 Å². The quantitative estimate of drug-likeness (QED) is 0.834. The lowest BCUT2D eigenvalue weighted by Gasteiger charge is -2.09. The molecule has 0 saturated carbocycles. The van der Waals surface area contributed by atoms with Gasteiger partial charge in [0.25, 0.3) is 0 Å². The van der Waals surface area contributed by atoms with Crippen LogP contribution in [0.2, 0.25) is 0 Å². The van der Waals surface area contributed by atoms with Gasteiger partial charge in [-0.2, -0.15) is 0 Å². The zero-order chi connectivity index (χ0) is 11.8. The van der Waals surface area contributed by atoms with Crippen LogP contribution in [0.1, 0.15) is 11.6 Å². The third-order valence-electron chi connectivity index (χ3n) is 2.92. The first-order valence-electron chi connectivity index (χ1n) is 5.38. The molecule has 18 heavy (non-hydrogen) atoms. The number of alkyl carbamates (subject to hydrolysis) is 1. The number of amides is 1. The van der Waals surface area contributed by atoms with E-state index in [9.17, 15) is 9.90 Å². The van der Waals surface area contributed by atoms with Crippen LogP contribution in [0.3, 0.4) is 0 Å². The van der Waals surface area contributed by atoms with Gasteiger partial charge in [0.1, 0.15) is 12.4 Å². The molecule has 1 atom stereocenters. The molecule has 3 rings (SSSR count). The van der Waals surface area contributed by atoms with Gasteiger partial charge in [-0.05, 0) is 34.5 Å². The molecule has 0 bridgehead atoms. The number of fused-ring (bicyclic) bond motifs is 1. The summed E-state index contributed by atoms with van der Waals surface area (Å²) in [5.74, 6) is 0.253. The highest BCUT2D eigenvalue weighted by Gasteiger charge is 2.23. The summed E-state index contributed by atoms with van der Waals surface area (Å²) in [6.07, 6.45) is -0.374. The van der Waals surface area contributed by atoms with Crippen LogP contribution in [0.25, 0.3) is 10.8 Å². The van der Waals surface area contributed by atoms with Gasteiger partial charge in [-0.3, -0.25) is 0 Å². The first-order valence-corrected chi connectivity index (χ1v) is 5.38. The van der Waals surface area contributed by atoms with E-state index < -0.39 is 0 Å². The van der Waals surface area contributed by atoms with E-state index in [1.54, 1.807) is 12.1 Å². The van der Waals surface area contributed by atoms with Gasteiger partial charge in [0.15, 0.2) is 0 Å². The zero-order valence-electron chi connectivity index (χ0n) is 9.42. The lowest BCUT2D eigenvalue weighted by atomic mass is 10.0. The number of nitrogens with one attached hydrogen (secondary N) is 1. The SMILES string of the molecule is Cl.O=C1N[C@@H](c2ccc3cc(O)ccc3c2)CO1. The Morgan fingerprint density at radius 2 is 1.89 bits per heavy atom. The summed E-state index contributed by atoms with van der Waals surface area (Å²) < 4.78 is 4.86. The number of ether oxygens (including phenoxy) is 1. The highest BCUT2D eigenvalue weighted by Crippen LogP contribution is 2.25. The van der Waals surface area contributed by atoms with E-state index >= 15 is 0 Å². The molecule has 0 unspecified atom stereocenters. The number of carbonyl (C=O) groups excluding carboxylic acids is 1. The maximum absolute atomic E-state index is 11.0. The highest BCUT2D eigenvalue weighted by atomic mass is 35.5. The summed E-state index contributed by atoms with van der Waals surface area (Å²) in [5.41, 5.74) is 1.01. The molecule has 0 aliphatic carbocycles. The van der Waals surface area contributed by atoms with Crippen LogP contribution in [-0.2, 0) is 4.74 Å². The second-order valence-corrected chi connectivity index (χ2v) is 4.09. The molecule has 0 radical (unpaired) electrons. The largest absolute Gasteiger partial charge is 0.508 e. The van der Waals surface area contributed by atoms with Crippen LogP contribution in [0.15, 0.2) is 36.4 Å². The molecule has 1 saturated heterocycles. The van der Waals surface area contributed by atoms with Gasteiger partial charge in [0.05, 0.1) is 6.04 Å². The predicted molar refractivity (Wildman–Crippen MR) is 70.1 cm³/mol. The Balaban J connectivity index is 0.00000120. The maximum Gasteiger partial charge on any atom is 0.407 e. The third kappa shape index (κ3) is 2.19. The molecule has 2 aromatic rings. The Morgan fingerprint density at radius 3 is 2.61 bits per heavy atom. The number of carbonyl (C=O) groups is 1. The van der Waals surface area contributed by atoms with Crippen molar-refractivity contribution in [2.24, 2.45) is 0 Å². The van der Waals surface area contributed by atoms with Crippen LogP contribution in [0, 0.1) is 0 Å². The zero-order valence-corrected chi connectivity index (χ0v) is 10.2. The predicted octanol–water partition coefficient (Wildman–Crippen LogP) is 2.75. The Bertz CT molecular complexity index is 600. The minimum Gasteiger partial charge on any atom is -0.508 e. The summed E-state index contributed by atoms with van der Waals surface area (Å²) in [6, 6.07) is 11.0. The number of hydrogen-bond donors (Lipinski definition) is 2. The Labute approximate surface area is 110 Å². The fraction of sp³-hybridized carbons (Fsp3) is 0.154. The molecule has 1 aliphatic heterocycles. The van der Waals surface area contributed by atoms with Crippen LogP contribution in [-0.4, -0.2) is 17.8 Å². The summed E-state index contributed by atoms with van der Waals surface area (Å²) in [4.78, 5) is 11.0. The third-order valence-corrected chi connectivity index (χ3v) is 2.92. The molecular weight excluding hydrogens is 254 g/mol. The number of benzene rings is 2. The molecule has 94 valence electrons. The average Bonchev–Trinajstić information content (AvgIpc) is 2.75. The van der Waals surface area contributed by atoms with Gasteiger partial charge in [0.2, 0.25) is 0 Å². The monoisotopic (exact) mass is 265 g/mol. The van der Waals surface area contributed by atoms with Crippen molar-refractivity contribution in [1.82, 2.24) is 5.32 Å². The van der Waals surface area contributed by atoms with E-state index in [0.717, 1.165) is 16.3 Å². The minimum atomic E-state index is -0.374. The molecule has 0 aromatic heterocycles. The van der Waals surface area contributed by atoms with Crippen LogP contribution >= 0.6 is 12.4 Å². The standard InChI is InChI=1S/C13H11NO3.ClH/c15-11-4-3-8-5-10(2-1-9(8)6-11)12-7-17-13(16)14-12;/h1-6,12,15H,7H2,(H,14,16);1H/t12-;/m1./s1. The average molecular weight is 266 g/mol. The van der Waals surface area contributed by atoms with E-state index in [0.29, 0.717) is 6.61 Å². The number of aromatic hydroxyl groups is 1. The topological polar surface area (TPSA) is 58.6 Å². The fourth-order valence-corrected chi connectivity index (χ4v) is 2.03. The number of phenols is 1. The first kappa shape index (κ1) is 12.5. The van der Waals surface area contributed by atoms with Crippen LogP contribution < -0.4 is 5.32 Å². The van der Waals surface area contributed by atoms with Crippen molar-refractivity contribution in [2.45, 2.75) is 6.04 Å². The Hall–Kier alpha value is -1.94. The van der Waals surface area contributed by atoms with Gasteiger partial charge in [-0.1, -0.05) is 18.2 Å². The van der Waals surface area contributed by atoms with Crippen LogP contribution in [0.4, 0.5) is 4.79 Å². The second kappa shape index (κ2) is 4.74. The Kier molecular flexibility index (Phi) is 3.30. The van der Waals surface area contributed by atoms with E-state index in [2.05, 4.69) is 5.32 Å². The number of rotatable bonds is 1. The number of hydrogen-bond acceptors (Lipinski definition) is 3. The molecule has 0 spiro atoms.